The second-order valence-electron chi connectivity index (χ2n) is 7.61. The Morgan fingerprint density at radius 3 is 2.31 bits per heavy atom. The summed E-state index contributed by atoms with van der Waals surface area (Å²) in [6.45, 7) is 3.23. The van der Waals surface area contributed by atoms with E-state index in [1.807, 2.05) is 17.9 Å². The fraction of sp³-hybridized carbons (Fsp3) is 0.524. The van der Waals surface area contributed by atoms with Gasteiger partial charge in [0.2, 0.25) is 0 Å². The van der Waals surface area contributed by atoms with Crippen molar-refractivity contribution in [2.45, 2.75) is 57.3 Å². The van der Waals surface area contributed by atoms with Gasteiger partial charge in [-0.05, 0) is 50.0 Å². The largest absolute Gasteiger partial charge is 0.362 e. The molecule has 2 heterocycles. The van der Waals surface area contributed by atoms with Gasteiger partial charge in [-0.3, -0.25) is 0 Å². The second-order valence-corrected chi connectivity index (χ2v) is 7.61. The van der Waals surface area contributed by atoms with E-state index in [1.165, 1.54) is 10.3 Å². The van der Waals surface area contributed by atoms with Crippen LogP contribution in [0.25, 0.3) is 0 Å². The lowest BCUT2D eigenvalue weighted by molar-refractivity contribution is 0.151. The number of nitrogens with zero attached hydrogens (tertiary/aromatic N) is 2. The van der Waals surface area contributed by atoms with Crippen LogP contribution in [0.2, 0.25) is 0 Å². The maximum Gasteiger partial charge on any atom is 0.362 e. The molecule has 0 spiro atoms. The zero-order valence-corrected chi connectivity index (χ0v) is 15.3. The molecule has 26 heavy (non-hydrogen) atoms. The predicted octanol–water partition coefficient (Wildman–Crippen LogP) is 4.26. The van der Waals surface area contributed by atoms with Crippen LogP contribution in [-0.4, -0.2) is 28.8 Å². The molecular formula is C21H26N2O3. The molecule has 4 rings (SSSR count). The molecule has 2 fully saturated rings. The molecule has 1 aromatic heterocycles. The molecule has 1 amide bonds. The maximum absolute atomic E-state index is 12.9. The van der Waals surface area contributed by atoms with E-state index < -0.39 is 0 Å². The van der Waals surface area contributed by atoms with Crippen LogP contribution in [0, 0.1) is 6.92 Å². The van der Waals surface area contributed by atoms with Crippen LogP contribution in [0.5, 0.6) is 0 Å². The normalized spacial score (nSPS) is 19.2. The Morgan fingerprint density at radius 1 is 1.00 bits per heavy atom. The first-order valence-corrected chi connectivity index (χ1v) is 9.72. The number of benzene rings is 1. The average Bonchev–Trinajstić information content (AvgIpc) is 3.30. The summed E-state index contributed by atoms with van der Waals surface area (Å²) in [5.41, 5.74) is 2.42. The minimum atomic E-state index is -0.332. The minimum Gasteiger partial charge on any atom is -0.327 e. The standard InChI is InChI=1S/C21H26N2O3/c1-15-19(18-9-5-6-10-18)20(24)26-23(15)21(25)22-13-11-17(12-14-22)16-7-3-2-4-8-16/h2-4,7-8,17-18H,5-6,9-14H2,1H3. The lowest BCUT2D eigenvalue weighted by atomic mass is 9.90. The first kappa shape index (κ1) is 17.1. The van der Waals surface area contributed by atoms with Crippen molar-refractivity contribution in [3.05, 3.63) is 57.6 Å². The Hall–Kier alpha value is -2.30. The molecule has 0 bridgehead atoms. The van der Waals surface area contributed by atoms with Crippen molar-refractivity contribution < 1.29 is 9.32 Å². The third kappa shape index (κ3) is 3.11. The number of likely N-dealkylation sites (tertiary alicyclic amines) is 1. The molecular weight excluding hydrogens is 328 g/mol. The van der Waals surface area contributed by atoms with E-state index in [4.69, 9.17) is 4.52 Å². The monoisotopic (exact) mass is 354 g/mol. The molecule has 5 heteroatoms. The number of piperidine rings is 1. The van der Waals surface area contributed by atoms with Crippen LogP contribution in [-0.2, 0) is 0 Å². The molecule has 1 saturated heterocycles. The van der Waals surface area contributed by atoms with Gasteiger partial charge in [0.25, 0.3) is 0 Å². The quantitative estimate of drug-likeness (QED) is 0.810. The van der Waals surface area contributed by atoms with E-state index in [0.29, 0.717) is 24.7 Å². The molecule has 2 aromatic rings. The highest BCUT2D eigenvalue weighted by Crippen LogP contribution is 2.34. The fourth-order valence-corrected chi connectivity index (χ4v) is 4.57. The zero-order valence-electron chi connectivity index (χ0n) is 15.3. The first-order chi connectivity index (χ1) is 12.6. The number of carbonyl (C=O) groups is 1. The number of carbonyl (C=O) groups excluding carboxylic acids is 1. The summed E-state index contributed by atoms with van der Waals surface area (Å²) in [5, 5.41) is 0. The molecule has 0 radical (unpaired) electrons. The molecule has 1 aliphatic carbocycles. The van der Waals surface area contributed by atoms with E-state index in [9.17, 15) is 9.59 Å². The van der Waals surface area contributed by atoms with Crippen molar-refractivity contribution in [3.8, 4) is 0 Å². The van der Waals surface area contributed by atoms with Gasteiger partial charge in [-0.2, -0.15) is 0 Å². The zero-order chi connectivity index (χ0) is 18.1. The number of amides is 1. The summed E-state index contributed by atoms with van der Waals surface area (Å²) in [6, 6.07) is 10.3. The van der Waals surface area contributed by atoms with Crippen LogP contribution in [0.3, 0.4) is 0 Å². The molecule has 1 aromatic carbocycles. The van der Waals surface area contributed by atoms with Crippen molar-refractivity contribution >= 4 is 6.03 Å². The lowest BCUT2D eigenvalue weighted by Gasteiger charge is -2.31. The minimum absolute atomic E-state index is 0.199. The van der Waals surface area contributed by atoms with Gasteiger partial charge in [0.05, 0.1) is 11.3 Å². The van der Waals surface area contributed by atoms with Gasteiger partial charge in [0.1, 0.15) is 0 Å². The van der Waals surface area contributed by atoms with Crippen molar-refractivity contribution in [1.29, 1.82) is 0 Å². The summed E-state index contributed by atoms with van der Waals surface area (Å²) in [7, 11) is 0. The van der Waals surface area contributed by atoms with Crippen LogP contribution in [0.4, 0.5) is 4.79 Å². The first-order valence-electron chi connectivity index (χ1n) is 9.72. The summed E-state index contributed by atoms with van der Waals surface area (Å²) >= 11 is 0. The maximum atomic E-state index is 12.9. The summed E-state index contributed by atoms with van der Waals surface area (Å²) in [6.07, 6.45) is 6.22. The van der Waals surface area contributed by atoms with Gasteiger partial charge in [0.15, 0.2) is 0 Å². The third-order valence-corrected chi connectivity index (χ3v) is 6.06. The molecule has 0 atom stereocenters. The molecule has 138 valence electrons. The highest BCUT2D eigenvalue weighted by Gasteiger charge is 2.31. The van der Waals surface area contributed by atoms with E-state index >= 15 is 0 Å². The molecule has 5 nitrogen and oxygen atoms in total. The van der Waals surface area contributed by atoms with Crippen LogP contribution < -0.4 is 5.63 Å². The fourth-order valence-electron chi connectivity index (χ4n) is 4.57. The molecule has 2 aliphatic rings. The second kappa shape index (κ2) is 7.14. The molecule has 1 aliphatic heterocycles. The van der Waals surface area contributed by atoms with Gasteiger partial charge in [0, 0.05) is 13.1 Å². The van der Waals surface area contributed by atoms with E-state index in [-0.39, 0.29) is 17.6 Å². The van der Waals surface area contributed by atoms with E-state index in [2.05, 4.69) is 24.3 Å². The Bertz CT molecular complexity index is 823. The van der Waals surface area contributed by atoms with E-state index in [1.54, 1.807) is 0 Å². The molecule has 0 N–H and O–H groups in total. The van der Waals surface area contributed by atoms with Crippen molar-refractivity contribution in [1.82, 2.24) is 9.64 Å². The topological polar surface area (TPSA) is 55.5 Å². The van der Waals surface area contributed by atoms with Gasteiger partial charge < -0.3 is 9.42 Å². The Labute approximate surface area is 153 Å². The summed E-state index contributed by atoms with van der Waals surface area (Å²) < 4.78 is 6.59. The number of hydrogen-bond acceptors (Lipinski definition) is 3. The Balaban J connectivity index is 1.47. The number of aromatic nitrogens is 1. The van der Waals surface area contributed by atoms with Gasteiger partial charge in [-0.25, -0.2) is 9.59 Å². The van der Waals surface area contributed by atoms with Crippen LogP contribution in [0.1, 0.15) is 67.2 Å². The van der Waals surface area contributed by atoms with Gasteiger partial charge in [-0.1, -0.05) is 43.2 Å². The average molecular weight is 354 g/mol. The van der Waals surface area contributed by atoms with Gasteiger partial charge >= 0.3 is 11.7 Å². The van der Waals surface area contributed by atoms with E-state index in [0.717, 1.165) is 44.1 Å². The van der Waals surface area contributed by atoms with Crippen LogP contribution >= 0.6 is 0 Å². The van der Waals surface area contributed by atoms with Crippen molar-refractivity contribution in [2.75, 3.05) is 13.1 Å². The Morgan fingerprint density at radius 2 is 1.65 bits per heavy atom. The Kier molecular flexibility index (Phi) is 4.70. The predicted molar refractivity (Wildman–Crippen MR) is 99.7 cm³/mol. The van der Waals surface area contributed by atoms with Crippen LogP contribution in [0.15, 0.2) is 39.6 Å². The van der Waals surface area contributed by atoms with Crippen molar-refractivity contribution in [2.24, 2.45) is 0 Å². The highest BCUT2D eigenvalue weighted by atomic mass is 16.5. The lowest BCUT2D eigenvalue weighted by Crippen LogP contribution is -2.40. The SMILES string of the molecule is Cc1c(C2CCCC2)c(=O)on1C(=O)N1CCC(c2ccccc2)CC1. The highest BCUT2D eigenvalue weighted by molar-refractivity contribution is 5.76. The summed E-state index contributed by atoms with van der Waals surface area (Å²) in [5.74, 6) is 0.746. The third-order valence-electron chi connectivity index (χ3n) is 6.06. The number of hydrogen-bond donors (Lipinski definition) is 0. The summed E-state index contributed by atoms with van der Waals surface area (Å²) in [4.78, 5) is 27.0. The molecule has 0 unspecified atom stereocenters. The number of rotatable bonds is 2. The van der Waals surface area contributed by atoms with Gasteiger partial charge in [-0.15, -0.1) is 4.74 Å². The smallest absolute Gasteiger partial charge is 0.327 e. The van der Waals surface area contributed by atoms with Crippen molar-refractivity contribution in [3.63, 3.8) is 0 Å². The molecule has 1 saturated carbocycles.